The first-order valence-corrected chi connectivity index (χ1v) is 6.52. The second-order valence-corrected chi connectivity index (χ2v) is 5.16. The summed E-state index contributed by atoms with van der Waals surface area (Å²) in [6.07, 6.45) is -4.59. The van der Waals surface area contributed by atoms with Crippen LogP contribution in [0.5, 0.6) is 0 Å². The number of halogens is 4. The van der Waals surface area contributed by atoms with Crippen LogP contribution in [0.4, 0.5) is 13.2 Å². The van der Waals surface area contributed by atoms with Crippen molar-refractivity contribution < 1.29 is 18.0 Å². The summed E-state index contributed by atoms with van der Waals surface area (Å²) in [5.41, 5.74) is -1.43. The smallest absolute Gasteiger partial charge is 0.336 e. The number of nitrogens with zero attached hydrogens (tertiary/aromatic N) is 2. The van der Waals surface area contributed by atoms with Gasteiger partial charge in [0.1, 0.15) is 0 Å². The Morgan fingerprint density at radius 2 is 1.80 bits per heavy atom. The van der Waals surface area contributed by atoms with Crippen LogP contribution in [0.1, 0.15) is 15.9 Å². The number of alkyl halides is 3. The number of amides is 1. The van der Waals surface area contributed by atoms with Crippen LogP contribution >= 0.6 is 11.6 Å². The highest BCUT2D eigenvalue weighted by molar-refractivity contribution is 6.34. The van der Waals surface area contributed by atoms with E-state index in [1.807, 2.05) is 11.9 Å². The molecule has 0 saturated carbocycles. The molecular formula is C13H14ClF3N2O. The third-order valence-electron chi connectivity index (χ3n) is 3.32. The van der Waals surface area contributed by atoms with Crippen molar-refractivity contribution in [2.45, 2.75) is 6.18 Å². The maximum atomic E-state index is 13.0. The van der Waals surface area contributed by atoms with Crippen LogP contribution in [-0.4, -0.2) is 48.9 Å². The highest BCUT2D eigenvalue weighted by Crippen LogP contribution is 2.35. The Kier molecular flexibility index (Phi) is 4.25. The minimum absolute atomic E-state index is 0.163. The van der Waals surface area contributed by atoms with Crippen molar-refractivity contribution in [3.63, 3.8) is 0 Å². The molecule has 7 heteroatoms. The van der Waals surface area contributed by atoms with E-state index in [9.17, 15) is 18.0 Å². The summed E-state index contributed by atoms with van der Waals surface area (Å²) in [6.45, 7) is 2.07. The highest BCUT2D eigenvalue weighted by Gasteiger charge is 2.37. The number of piperazine rings is 1. The normalized spacial score (nSPS) is 17.4. The first-order valence-electron chi connectivity index (χ1n) is 6.14. The molecule has 1 aliphatic heterocycles. The van der Waals surface area contributed by atoms with Gasteiger partial charge < -0.3 is 9.80 Å². The van der Waals surface area contributed by atoms with Crippen LogP contribution in [0.15, 0.2) is 18.2 Å². The van der Waals surface area contributed by atoms with Crippen molar-refractivity contribution in [2.24, 2.45) is 0 Å². The molecule has 1 fully saturated rings. The summed E-state index contributed by atoms with van der Waals surface area (Å²) in [5, 5.41) is -0.163. The molecule has 0 N–H and O–H groups in total. The number of hydrogen-bond acceptors (Lipinski definition) is 2. The number of hydrogen-bond donors (Lipinski definition) is 0. The van der Waals surface area contributed by atoms with E-state index in [0.29, 0.717) is 26.2 Å². The average molecular weight is 307 g/mol. The van der Waals surface area contributed by atoms with Crippen molar-refractivity contribution in [1.29, 1.82) is 0 Å². The third-order valence-corrected chi connectivity index (χ3v) is 3.64. The zero-order valence-corrected chi connectivity index (χ0v) is 11.6. The number of carbonyl (C=O) groups excluding carboxylic acids is 1. The average Bonchev–Trinajstić information content (AvgIpc) is 2.37. The van der Waals surface area contributed by atoms with Gasteiger partial charge in [0.05, 0.1) is 16.1 Å². The standard InChI is InChI=1S/C13H14ClF3N2O/c1-18-5-7-19(8-6-18)12(20)11-9(13(15,16)17)3-2-4-10(11)14/h2-4H,5-8H2,1H3. The largest absolute Gasteiger partial charge is 0.417 e. The zero-order chi connectivity index (χ0) is 14.9. The van der Waals surface area contributed by atoms with Gasteiger partial charge in [-0.1, -0.05) is 17.7 Å². The van der Waals surface area contributed by atoms with E-state index in [-0.39, 0.29) is 5.02 Å². The van der Waals surface area contributed by atoms with Gasteiger partial charge in [-0.25, -0.2) is 0 Å². The van der Waals surface area contributed by atoms with E-state index >= 15 is 0 Å². The summed E-state index contributed by atoms with van der Waals surface area (Å²) in [7, 11) is 1.90. The SMILES string of the molecule is CN1CCN(C(=O)c2c(Cl)cccc2C(F)(F)F)CC1. The molecule has 1 aliphatic rings. The third kappa shape index (κ3) is 3.07. The monoisotopic (exact) mass is 306 g/mol. The first kappa shape index (κ1) is 15.1. The fourth-order valence-corrected chi connectivity index (χ4v) is 2.40. The van der Waals surface area contributed by atoms with E-state index in [1.54, 1.807) is 0 Å². The molecule has 0 radical (unpaired) electrons. The molecule has 1 saturated heterocycles. The van der Waals surface area contributed by atoms with E-state index in [2.05, 4.69) is 0 Å². The van der Waals surface area contributed by atoms with Crippen LogP contribution in [0, 0.1) is 0 Å². The molecule has 0 atom stereocenters. The maximum absolute atomic E-state index is 13.0. The number of carbonyl (C=O) groups is 1. The Morgan fingerprint density at radius 1 is 1.20 bits per heavy atom. The molecule has 0 bridgehead atoms. The molecule has 2 rings (SSSR count). The molecule has 1 aromatic carbocycles. The zero-order valence-electron chi connectivity index (χ0n) is 10.9. The van der Waals surface area contributed by atoms with Crippen LogP contribution in [0.3, 0.4) is 0 Å². The fraction of sp³-hybridized carbons (Fsp3) is 0.462. The quantitative estimate of drug-likeness (QED) is 0.796. The molecular weight excluding hydrogens is 293 g/mol. The van der Waals surface area contributed by atoms with Crippen molar-refractivity contribution >= 4 is 17.5 Å². The molecule has 0 spiro atoms. The molecule has 1 aromatic rings. The van der Waals surface area contributed by atoms with Crippen molar-refractivity contribution in [3.05, 3.63) is 34.3 Å². The maximum Gasteiger partial charge on any atom is 0.417 e. The lowest BCUT2D eigenvalue weighted by Gasteiger charge is -2.33. The predicted octanol–water partition coefficient (Wildman–Crippen LogP) is 2.75. The molecule has 0 unspecified atom stereocenters. The first-order chi connectivity index (χ1) is 9.30. The molecule has 0 aliphatic carbocycles. The van der Waals surface area contributed by atoms with Gasteiger partial charge in [-0.2, -0.15) is 13.2 Å². The van der Waals surface area contributed by atoms with E-state index in [4.69, 9.17) is 11.6 Å². The second-order valence-electron chi connectivity index (χ2n) is 4.76. The second kappa shape index (κ2) is 5.61. The lowest BCUT2D eigenvalue weighted by atomic mass is 10.1. The molecule has 1 amide bonds. The van der Waals surface area contributed by atoms with Crippen molar-refractivity contribution in [3.8, 4) is 0 Å². The summed E-state index contributed by atoms with van der Waals surface area (Å²) >= 11 is 5.82. The summed E-state index contributed by atoms with van der Waals surface area (Å²) in [6, 6.07) is 3.39. The topological polar surface area (TPSA) is 23.6 Å². The fourth-order valence-electron chi connectivity index (χ4n) is 2.15. The Bertz CT molecular complexity index is 511. The van der Waals surface area contributed by atoms with Crippen molar-refractivity contribution in [1.82, 2.24) is 9.80 Å². The minimum atomic E-state index is -4.59. The number of likely N-dealkylation sites (N-methyl/N-ethyl adjacent to an activating group) is 1. The van der Waals surface area contributed by atoms with Crippen LogP contribution in [0.2, 0.25) is 5.02 Å². The molecule has 20 heavy (non-hydrogen) atoms. The Hall–Kier alpha value is -1.27. The highest BCUT2D eigenvalue weighted by atomic mass is 35.5. The lowest BCUT2D eigenvalue weighted by molar-refractivity contribution is -0.138. The van der Waals surface area contributed by atoms with Crippen molar-refractivity contribution in [2.75, 3.05) is 33.2 Å². The van der Waals surface area contributed by atoms with Gasteiger partial charge in [-0.3, -0.25) is 4.79 Å². The lowest BCUT2D eigenvalue weighted by Crippen LogP contribution is -2.47. The van der Waals surface area contributed by atoms with E-state index in [0.717, 1.165) is 6.07 Å². The van der Waals surface area contributed by atoms with Gasteiger partial charge in [0.2, 0.25) is 0 Å². The summed E-state index contributed by atoms with van der Waals surface area (Å²) in [5.74, 6) is -0.656. The Morgan fingerprint density at radius 3 is 2.35 bits per heavy atom. The predicted molar refractivity (Wildman–Crippen MR) is 69.9 cm³/mol. The number of benzene rings is 1. The van der Waals surface area contributed by atoms with Crippen LogP contribution < -0.4 is 0 Å². The molecule has 0 aromatic heterocycles. The van der Waals surface area contributed by atoms with E-state index < -0.39 is 23.2 Å². The summed E-state index contributed by atoms with van der Waals surface area (Å²) in [4.78, 5) is 15.7. The Balaban J connectivity index is 2.34. The molecule has 1 heterocycles. The number of rotatable bonds is 1. The van der Waals surface area contributed by atoms with Gasteiger partial charge in [0, 0.05) is 26.2 Å². The van der Waals surface area contributed by atoms with Gasteiger partial charge >= 0.3 is 6.18 Å². The Labute approximate surface area is 119 Å². The van der Waals surface area contributed by atoms with Crippen LogP contribution in [0.25, 0.3) is 0 Å². The van der Waals surface area contributed by atoms with Gasteiger partial charge in [-0.15, -0.1) is 0 Å². The van der Waals surface area contributed by atoms with Gasteiger partial charge in [0.15, 0.2) is 0 Å². The summed E-state index contributed by atoms with van der Waals surface area (Å²) < 4.78 is 38.9. The minimum Gasteiger partial charge on any atom is -0.336 e. The molecule has 110 valence electrons. The molecule has 3 nitrogen and oxygen atoms in total. The van der Waals surface area contributed by atoms with Gasteiger partial charge in [0.25, 0.3) is 5.91 Å². The van der Waals surface area contributed by atoms with E-state index in [1.165, 1.54) is 17.0 Å². The van der Waals surface area contributed by atoms with Crippen LogP contribution in [-0.2, 0) is 6.18 Å². The van der Waals surface area contributed by atoms with Gasteiger partial charge in [-0.05, 0) is 19.2 Å².